The molecule has 3 rings (SSSR count). The van der Waals surface area contributed by atoms with Crippen LogP contribution in [0.25, 0.3) is 0 Å². The van der Waals surface area contributed by atoms with Crippen LogP contribution in [0.5, 0.6) is 0 Å². The molecule has 0 amide bonds. The zero-order valence-electron chi connectivity index (χ0n) is 12.4. The van der Waals surface area contributed by atoms with Crippen LogP contribution < -0.4 is 5.32 Å². The zero-order valence-corrected chi connectivity index (χ0v) is 12.4. The molecule has 2 unspecified atom stereocenters. The normalized spacial score (nSPS) is 21.5. The molecule has 1 aliphatic rings. The number of aryl methyl sites for hydroxylation is 1. The highest BCUT2D eigenvalue weighted by atomic mass is 14.9. The van der Waals surface area contributed by atoms with Crippen molar-refractivity contribution in [3.63, 3.8) is 0 Å². The van der Waals surface area contributed by atoms with Crippen molar-refractivity contribution in [1.29, 1.82) is 0 Å². The summed E-state index contributed by atoms with van der Waals surface area (Å²) < 4.78 is 0. The van der Waals surface area contributed by atoms with E-state index in [0.717, 1.165) is 6.54 Å². The van der Waals surface area contributed by atoms with E-state index in [1.54, 1.807) is 0 Å². The lowest BCUT2D eigenvalue weighted by Gasteiger charge is -2.30. The number of hydrogen-bond donors (Lipinski definition) is 1. The molecule has 0 saturated heterocycles. The molecule has 1 nitrogen and oxygen atoms in total. The Labute approximate surface area is 122 Å². The van der Waals surface area contributed by atoms with E-state index < -0.39 is 0 Å². The van der Waals surface area contributed by atoms with Crippen LogP contribution in [-0.4, -0.2) is 0 Å². The molecule has 1 aliphatic carbocycles. The van der Waals surface area contributed by atoms with Gasteiger partial charge in [-0.05, 0) is 42.4 Å². The SMILES string of the molecule is Cc1cccc(CNC2CCC(C)c3ccccc32)c1. The third-order valence-electron chi connectivity index (χ3n) is 4.43. The fourth-order valence-corrected chi connectivity index (χ4v) is 3.28. The Bertz CT molecular complexity index is 588. The molecule has 2 aromatic rings. The van der Waals surface area contributed by atoms with Gasteiger partial charge in [0.2, 0.25) is 0 Å². The van der Waals surface area contributed by atoms with Gasteiger partial charge in [0.05, 0.1) is 0 Å². The molecule has 0 aromatic heterocycles. The Morgan fingerprint density at radius 3 is 2.60 bits per heavy atom. The molecule has 0 radical (unpaired) electrons. The van der Waals surface area contributed by atoms with Crippen molar-refractivity contribution in [3.8, 4) is 0 Å². The highest BCUT2D eigenvalue weighted by Crippen LogP contribution is 2.37. The Hall–Kier alpha value is -1.60. The van der Waals surface area contributed by atoms with E-state index >= 15 is 0 Å². The van der Waals surface area contributed by atoms with Crippen LogP contribution in [0.15, 0.2) is 48.5 Å². The lowest BCUT2D eigenvalue weighted by atomic mass is 9.81. The van der Waals surface area contributed by atoms with Crippen LogP contribution in [0.3, 0.4) is 0 Å². The van der Waals surface area contributed by atoms with Crippen LogP contribution in [0.4, 0.5) is 0 Å². The molecular weight excluding hydrogens is 242 g/mol. The first-order valence-electron chi connectivity index (χ1n) is 7.62. The summed E-state index contributed by atoms with van der Waals surface area (Å²) in [6.45, 7) is 5.45. The summed E-state index contributed by atoms with van der Waals surface area (Å²) in [4.78, 5) is 0. The van der Waals surface area contributed by atoms with Crippen LogP contribution in [0.2, 0.25) is 0 Å². The third kappa shape index (κ3) is 2.78. The Morgan fingerprint density at radius 2 is 1.80 bits per heavy atom. The van der Waals surface area contributed by atoms with Gasteiger partial charge in [0.15, 0.2) is 0 Å². The van der Waals surface area contributed by atoms with Gasteiger partial charge in [0.25, 0.3) is 0 Å². The standard InChI is InChI=1S/C19H23N/c1-14-6-5-7-16(12-14)13-20-19-11-10-15(2)17-8-3-4-9-18(17)19/h3-9,12,15,19-20H,10-11,13H2,1-2H3. The number of rotatable bonds is 3. The summed E-state index contributed by atoms with van der Waals surface area (Å²) >= 11 is 0. The molecule has 0 heterocycles. The number of benzene rings is 2. The molecule has 2 atom stereocenters. The molecule has 0 fully saturated rings. The second-order valence-electron chi connectivity index (χ2n) is 6.03. The van der Waals surface area contributed by atoms with Gasteiger partial charge in [-0.25, -0.2) is 0 Å². The van der Waals surface area contributed by atoms with Gasteiger partial charge in [-0.2, -0.15) is 0 Å². The van der Waals surface area contributed by atoms with Crippen LogP contribution in [0.1, 0.15) is 54.0 Å². The fraction of sp³-hybridized carbons (Fsp3) is 0.368. The maximum atomic E-state index is 3.74. The van der Waals surface area contributed by atoms with E-state index in [1.807, 2.05) is 0 Å². The summed E-state index contributed by atoms with van der Waals surface area (Å²) in [5.74, 6) is 0.697. The average Bonchev–Trinajstić information content (AvgIpc) is 2.47. The molecule has 104 valence electrons. The summed E-state index contributed by atoms with van der Waals surface area (Å²) in [6, 6.07) is 18.2. The summed E-state index contributed by atoms with van der Waals surface area (Å²) in [7, 11) is 0. The molecule has 2 aromatic carbocycles. The minimum absolute atomic E-state index is 0.503. The van der Waals surface area contributed by atoms with Gasteiger partial charge in [0.1, 0.15) is 0 Å². The maximum Gasteiger partial charge on any atom is 0.0326 e. The largest absolute Gasteiger partial charge is 0.306 e. The maximum absolute atomic E-state index is 3.74. The Balaban J connectivity index is 1.74. The lowest BCUT2D eigenvalue weighted by Crippen LogP contribution is -2.25. The first-order valence-corrected chi connectivity index (χ1v) is 7.62. The molecule has 1 heteroatoms. The molecule has 0 saturated carbocycles. The molecular formula is C19H23N. The average molecular weight is 265 g/mol. The molecule has 1 N–H and O–H groups in total. The lowest BCUT2D eigenvalue weighted by molar-refractivity contribution is 0.431. The second kappa shape index (κ2) is 5.80. The van der Waals surface area contributed by atoms with Crippen molar-refractivity contribution in [2.24, 2.45) is 0 Å². The smallest absolute Gasteiger partial charge is 0.0326 e. The minimum Gasteiger partial charge on any atom is -0.306 e. The first kappa shape index (κ1) is 13.4. The van der Waals surface area contributed by atoms with E-state index in [9.17, 15) is 0 Å². The predicted octanol–water partition coefficient (Wildman–Crippen LogP) is 4.72. The highest BCUT2D eigenvalue weighted by molar-refractivity contribution is 5.35. The van der Waals surface area contributed by atoms with Crippen molar-refractivity contribution in [1.82, 2.24) is 5.32 Å². The van der Waals surface area contributed by atoms with E-state index in [2.05, 4.69) is 67.7 Å². The van der Waals surface area contributed by atoms with E-state index in [-0.39, 0.29) is 0 Å². The molecule has 20 heavy (non-hydrogen) atoms. The van der Waals surface area contributed by atoms with E-state index in [4.69, 9.17) is 0 Å². The Kier molecular flexibility index (Phi) is 3.88. The van der Waals surface area contributed by atoms with E-state index in [0.29, 0.717) is 12.0 Å². The molecule has 0 aliphatic heterocycles. The predicted molar refractivity (Wildman–Crippen MR) is 84.9 cm³/mol. The topological polar surface area (TPSA) is 12.0 Å². The van der Waals surface area contributed by atoms with Gasteiger partial charge >= 0.3 is 0 Å². The summed E-state index contributed by atoms with van der Waals surface area (Å²) in [5, 5.41) is 3.74. The summed E-state index contributed by atoms with van der Waals surface area (Å²) in [5.41, 5.74) is 5.74. The van der Waals surface area contributed by atoms with Crippen LogP contribution >= 0.6 is 0 Å². The molecule has 0 bridgehead atoms. The summed E-state index contributed by atoms with van der Waals surface area (Å²) in [6.07, 6.45) is 2.52. The van der Waals surface area contributed by atoms with E-state index in [1.165, 1.54) is 35.1 Å². The number of hydrogen-bond acceptors (Lipinski definition) is 1. The van der Waals surface area contributed by atoms with Crippen molar-refractivity contribution in [3.05, 3.63) is 70.8 Å². The quantitative estimate of drug-likeness (QED) is 0.846. The van der Waals surface area contributed by atoms with Gasteiger partial charge in [-0.3, -0.25) is 0 Å². The highest BCUT2D eigenvalue weighted by Gasteiger charge is 2.23. The van der Waals surface area contributed by atoms with Gasteiger partial charge in [-0.1, -0.05) is 61.0 Å². The van der Waals surface area contributed by atoms with Crippen LogP contribution in [0, 0.1) is 6.92 Å². The monoisotopic (exact) mass is 265 g/mol. The number of fused-ring (bicyclic) bond motifs is 1. The van der Waals surface area contributed by atoms with Crippen molar-refractivity contribution >= 4 is 0 Å². The molecule has 0 spiro atoms. The van der Waals surface area contributed by atoms with Gasteiger partial charge < -0.3 is 5.32 Å². The minimum atomic E-state index is 0.503. The number of nitrogens with one attached hydrogen (secondary N) is 1. The Morgan fingerprint density at radius 1 is 1.00 bits per heavy atom. The zero-order chi connectivity index (χ0) is 13.9. The second-order valence-corrected chi connectivity index (χ2v) is 6.03. The van der Waals surface area contributed by atoms with Gasteiger partial charge in [0, 0.05) is 12.6 Å². The first-order chi connectivity index (χ1) is 9.74. The van der Waals surface area contributed by atoms with Crippen molar-refractivity contribution < 1.29 is 0 Å². The van der Waals surface area contributed by atoms with Crippen LogP contribution in [-0.2, 0) is 6.54 Å². The fourth-order valence-electron chi connectivity index (χ4n) is 3.28. The van der Waals surface area contributed by atoms with Gasteiger partial charge in [-0.15, -0.1) is 0 Å². The van der Waals surface area contributed by atoms with Crippen molar-refractivity contribution in [2.75, 3.05) is 0 Å². The third-order valence-corrected chi connectivity index (χ3v) is 4.43. The van der Waals surface area contributed by atoms with Crippen molar-refractivity contribution in [2.45, 2.75) is 45.2 Å².